The Balaban J connectivity index is 2.86. The van der Waals surface area contributed by atoms with Gasteiger partial charge in [0.15, 0.2) is 0 Å². The quantitative estimate of drug-likeness (QED) is 0.614. The number of carbonyl (C=O) groups is 1. The Bertz CT molecular complexity index is 545. The summed E-state index contributed by atoms with van der Waals surface area (Å²) in [5, 5.41) is 12.2. The van der Waals surface area contributed by atoms with E-state index >= 15 is 0 Å². The molecular formula is C15H20N4O2. The Kier molecular flexibility index (Phi) is 6.75. The summed E-state index contributed by atoms with van der Waals surface area (Å²) in [6, 6.07) is 7.55. The molecule has 0 spiro atoms. The van der Waals surface area contributed by atoms with Crippen LogP contribution in [-0.2, 0) is 4.79 Å². The number of carbonyl (C=O) groups excluding carboxylic acids is 1. The molecule has 112 valence electrons. The highest BCUT2D eigenvalue weighted by Crippen LogP contribution is 2.24. The van der Waals surface area contributed by atoms with Crippen molar-refractivity contribution in [1.29, 1.82) is 5.26 Å². The van der Waals surface area contributed by atoms with E-state index in [9.17, 15) is 4.79 Å². The van der Waals surface area contributed by atoms with E-state index in [1.807, 2.05) is 18.2 Å². The Hall–Kier alpha value is -2.55. The van der Waals surface area contributed by atoms with E-state index in [2.05, 4.69) is 29.3 Å². The highest BCUT2D eigenvalue weighted by molar-refractivity contribution is 5.86. The average Bonchev–Trinajstić information content (AvgIpc) is 2.49. The molecule has 0 atom stereocenters. The van der Waals surface area contributed by atoms with Crippen molar-refractivity contribution in [3.63, 3.8) is 0 Å². The van der Waals surface area contributed by atoms with Gasteiger partial charge in [-0.1, -0.05) is 0 Å². The average molecular weight is 288 g/mol. The lowest BCUT2D eigenvalue weighted by atomic mass is 10.2. The topological polar surface area (TPSA) is 77.7 Å². The van der Waals surface area contributed by atoms with Crippen molar-refractivity contribution in [2.24, 2.45) is 5.10 Å². The van der Waals surface area contributed by atoms with Crippen LogP contribution in [0.4, 0.5) is 5.69 Å². The van der Waals surface area contributed by atoms with Gasteiger partial charge in [0.25, 0.3) is 5.91 Å². The number of amides is 1. The molecule has 6 heteroatoms. The van der Waals surface area contributed by atoms with Gasteiger partial charge in [0.2, 0.25) is 0 Å². The van der Waals surface area contributed by atoms with E-state index in [1.165, 1.54) is 6.21 Å². The van der Waals surface area contributed by atoms with Crippen LogP contribution < -0.4 is 15.1 Å². The molecule has 0 radical (unpaired) electrons. The van der Waals surface area contributed by atoms with Gasteiger partial charge in [-0.3, -0.25) is 4.79 Å². The molecule has 0 fully saturated rings. The van der Waals surface area contributed by atoms with Crippen LogP contribution in [0.5, 0.6) is 5.75 Å². The molecule has 1 rings (SSSR count). The van der Waals surface area contributed by atoms with Crippen LogP contribution in [0.1, 0.15) is 25.8 Å². The first kappa shape index (κ1) is 16.5. The second-order valence-electron chi connectivity index (χ2n) is 4.23. The van der Waals surface area contributed by atoms with E-state index in [1.54, 1.807) is 13.2 Å². The molecule has 0 unspecified atom stereocenters. The zero-order chi connectivity index (χ0) is 15.7. The molecule has 0 saturated carbocycles. The van der Waals surface area contributed by atoms with Gasteiger partial charge in [-0.25, -0.2) is 5.43 Å². The van der Waals surface area contributed by atoms with E-state index < -0.39 is 5.91 Å². The Morgan fingerprint density at radius 1 is 1.48 bits per heavy atom. The summed E-state index contributed by atoms with van der Waals surface area (Å²) >= 11 is 0. The van der Waals surface area contributed by atoms with Crippen LogP contribution >= 0.6 is 0 Å². The van der Waals surface area contributed by atoms with E-state index in [0.717, 1.165) is 24.3 Å². The summed E-state index contributed by atoms with van der Waals surface area (Å²) in [7, 11) is 1.59. The summed E-state index contributed by atoms with van der Waals surface area (Å²) < 4.78 is 5.35. The number of ether oxygens (including phenoxy) is 1. The highest BCUT2D eigenvalue weighted by Gasteiger charge is 2.07. The number of benzene rings is 1. The second-order valence-corrected chi connectivity index (χ2v) is 4.23. The molecule has 21 heavy (non-hydrogen) atoms. The standard InChI is InChI=1S/C15H20N4O2/c1-4-19(5-2)13-7-6-12(14(10-13)21-3)11-17-18-15(20)8-9-16/h6-7,10-11H,4-5,8H2,1-3H3,(H,18,20)/b17-11+. The van der Waals surface area contributed by atoms with E-state index in [0.29, 0.717) is 5.75 Å². The molecule has 0 aliphatic carbocycles. The largest absolute Gasteiger partial charge is 0.496 e. The fraction of sp³-hybridized carbons (Fsp3) is 0.400. The third kappa shape index (κ3) is 4.80. The van der Waals surface area contributed by atoms with Crippen molar-refractivity contribution < 1.29 is 9.53 Å². The maximum absolute atomic E-state index is 11.1. The minimum absolute atomic E-state index is 0.213. The van der Waals surface area contributed by atoms with Crippen molar-refractivity contribution in [3.05, 3.63) is 23.8 Å². The Morgan fingerprint density at radius 3 is 2.76 bits per heavy atom. The molecule has 1 N–H and O–H groups in total. The Labute approximate surface area is 125 Å². The normalized spacial score (nSPS) is 10.2. The fourth-order valence-electron chi connectivity index (χ4n) is 1.88. The fourth-order valence-corrected chi connectivity index (χ4v) is 1.88. The van der Waals surface area contributed by atoms with Gasteiger partial charge in [0.1, 0.15) is 12.2 Å². The molecule has 0 heterocycles. The summed E-state index contributed by atoms with van der Waals surface area (Å²) in [6.45, 7) is 6.01. The third-order valence-corrected chi connectivity index (χ3v) is 2.98. The van der Waals surface area contributed by atoms with Gasteiger partial charge in [0, 0.05) is 30.4 Å². The maximum atomic E-state index is 11.1. The van der Waals surface area contributed by atoms with Gasteiger partial charge >= 0.3 is 0 Å². The number of hydrazone groups is 1. The van der Waals surface area contributed by atoms with Crippen molar-refractivity contribution in [1.82, 2.24) is 5.43 Å². The first-order valence-corrected chi connectivity index (χ1v) is 6.78. The SMILES string of the molecule is CCN(CC)c1ccc(/C=N/NC(=O)CC#N)c(OC)c1. The number of hydrogen-bond donors (Lipinski definition) is 1. The first-order valence-electron chi connectivity index (χ1n) is 6.78. The van der Waals surface area contributed by atoms with Gasteiger partial charge < -0.3 is 9.64 Å². The number of nitrogens with zero attached hydrogens (tertiary/aromatic N) is 3. The lowest BCUT2D eigenvalue weighted by Gasteiger charge is -2.21. The van der Waals surface area contributed by atoms with E-state index in [-0.39, 0.29) is 6.42 Å². The lowest BCUT2D eigenvalue weighted by Crippen LogP contribution is -2.21. The predicted molar refractivity (Wildman–Crippen MR) is 82.5 cm³/mol. The van der Waals surface area contributed by atoms with Gasteiger partial charge in [-0.05, 0) is 26.0 Å². The summed E-state index contributed by atoms with van der Waals surface area (Å²) in [5.41, 5.74) is 4.11. The minimum atomic E-state index is -0.438. The smallest absolute Gasteiger partial charge is 0.254 e. The third-order valence-electron chi connectivity index (χ3n) is 2.98. The Morgan fingerprint density at radius 2 is 2.19 bits per heavy atom. The predicted octanol–water partition coefficient (Wildman–Crippen LogP) is 1.91. The lowest BCUT2D eigenvalue weighted by molar-refractivity contribution is -0.120. The molecular weight excluding hydrogens is 268 g/mol. The molecule has 0 aliphatic rings. The van der Waals surface area contributed by atoms with Crippen LogP contribution in [0.2, 0.25) is 0 Å². The van der Waals surface area contributed by atoms with Crippen LogP contribution in [0, 0.1) is 11.3 Å². The van der Waals surface area contributed by atoms with Crippen LogP contribution in [-0.4, -0.2) is 32.3 Å². The number of anilines is 1. The second kappa shape index (κ2) is 8.59. The van der Waals surface area contributed by atoms with Crippen molar-refractivity contribution in [3.8, 4) is 11.8 Å². The van der Waals surface area contributed by atoms with Crippen LogP contribution in [0.15, 0.2) is 23.3 Å². The zero-order valence-corrected chi connectivity index (χ0v) is 12.6. The number of nitrogens with one attached hydrogen (secondary N) is 1. The van der Waals surface area contributed by atoms with E-state index in [4.69, 9.17) is 10.00 Å². The molecule has 0 saturated heterocycles. The van der Waals surface area contributed by atoms with Crippen LogP contribution in [0.3, 0.4) is 0 Å². The molecule has 0 aliphatic heterocycles. The minimum Gasteiger partial charge on any atom is -0.496 e. The van der Waals surface area contributed by atoms with Crippen molar-refractivity contribution in [2.45, 2.75) is 20.3 Å². The summed E-state index contributed by atoms with van der Waals surface area (Å²) in [6.07, 6.45) is 1.29. The number of rotatable bonds is 7. The monoisotopic (exact) mass is 288 g/mol. The number of hydrogen-bond acceptors (Lipinski definition) is 5. The zero-order valence-electron chi connectivity index (χ0n) is 12.6. The molecule has 1 aromatic carbocycles. The van der Waals surface area contributed by atoms with Crippen molar-refractivity contribution in [2.75, 3.05) is 25.1 Å². The summed E-state index contributed by atoms with van der Waals surface area (Å²) in [4.78, 5) is 13.3. The number of methoxy groups -OCH3 is 1. The number of nitriles is 1. The maximum Gasteiger partial charge on any atom is 0.254 e. The highest BCUT2D eigenvalue weighted by atomic mass is 16.5. The molecule has 0 bridgehead atoms. The summed E-state index contributed by atoms with van der Waals surface area (Å²) in [5.74, 6) is 0.241. The van der Waals surface area contributed by atoms with Gasteiger partial charge in [-0.15, -0.1) is 0 Å². The first-order chi connectivity index (χ1) is 10.2. The molecule has 6 nitrogen and oxygen atoms in total. The molecule has 1 amide bonds. The van der Waals surface area contributed by atoms with Crippen LogP contribution in [0.25, 0.3) is 0 Å². The van der Waals surface area contributed by atoms with Crippen molar-refractivity contribution >= 4 is 17.8 Å². The van der Waals surface area contributed by atoms with Gasteiger partial charge in [0.05, 0.1) is 19.4 Å². The molecule has 0 aromatic heterocycles. The van der Waals surface area contributed by atoms with Gasteiger partial charge in [-0.2, -0.15) is 10.4 Å². The molecule has 1 aromatic rings.